The van der Waals surface area contributed by atoms with E-state index in [0.717, 1.165) is 0 Å². The maximum Gasteiger partial charge on any atom is 0.246 e. The van der Waals surface area contributed by atoms with E-state index in [1.807, 2.05) is 0 Å². The molecule has 7 nitrogen and oxygen atoms in total. The van der Waals surface area contributed by atoms with Crippen molar-refractivity contribution in [2.75, 3.05) is 33.6 Å². The second-order valence-electron chi connectivity index (χ2n) is 5.45. The van der Waals surface area contributed by atoms with Gasteiger partial charge in [-0.3, -0.25) is 0 Å². The van der Waals surface area contributed by atoms with Gasteiger partial charge in [0.1, 0.15) is 26.2 Å². The molecule has 0 N–H and O–H groups in total. The van der Waals surface area contributed by atoms with E-state index in [4.69, 9.17) is 9.47 Å². The lowest BCUT2D eigenvalue weighted by Crippen LogP contribution is -2.42. The lowest BCUT2D eigenvalue weighted by atomic mass is 10.2. The maximum absolute atomic E-state index is 12.8. The van der Waals surface area contributed by atoms with Crippen LogP contribution in [0.4, 0.5) is 0 Å². The summed E-state index contributed by atoms with van der Waals surface area (Å²) < 4.78 is 60.3. The van der Waals surface area contributed by atoms with Crippen LogP contribution in [0.15, 0.2) is 23.1 Å². The average molecular weight is 363 g/mol. The summed E-state index contributed by atoms with van der Waals surface area (Å²) >= 11 is 0. The maximum atomic E-state index is 12.8. The minimum absolute atomic E-state index is 0.0543. The van der Waals surface area contributed by atoms with Gasteiger partial charge in [0.2, 0.25) is 10.0 Å². The van der Waals surface area contributed by atoms with Gasteiger partial charge >= 0.3 is 0 Å². The van der Waals surface area contributed by atoms with Gasteiger partial charge in [-0.2, -0.15) is 4.31 Å². The number of nitrogens with zero attached hydrogens (tertiary/aromatic N) is 1. The zero-order valence-corrected chi connectivity index (χ0v) is 15.0. The molecule has 1 fully saturated rings. The molecule has 9 heteroatoms. The van der Waals surface area contributed by atoms with E-state index in [1.165, 1.54) is 36.9 Å². The molecule has 23 heavy (non-hydrogen) atoms. The molecule has 1 aliphatic heterocycles. The average Bonchev–Trinajstić information content (AvgIpc) is 2.53. The van der Waals surface area contributed by atoms with E-state index in [9.17, 15) is 16.8 Å². The molecule has 130 valence electrons. The first-order valence-corrected chi connectivity index (χ1v) is 10.5. The number of ether oxygens (including phenoxy) is 2. The Kier molecular flexibility index (Phi) is 5.22. The molecule has 1 heterocycles. The molecule has 0 aliphatic carbocycles. The minimum atomic E-state index is -3.74. The van der Waals surface area contributed by atoms with Crippen molar-refractivity contribution in [2.45, 2.75) is 23.0 Å². The van der Waals surface area contributed by atoms with Crippen molar-refractivity contribution in [1.29, 1.82) is 0 Å². The molecule has 0 radical (unpaired) electrons. The Morgan fingerprint density at radius 2 is 1.65 bits per heavy atom. The van der Waals surface area contributed by atoms with Crippen LogP contribution in [-0.2, 0) is 19.9 Å². The topological polar surface area (TPSA) is 90.0 Å². The fraction of sp³-hybridized carbons (Fsp3) is 0.571. The largest absolute Gasteiger partial charge is 0.497 e. The molecule has 0 aromatic heterocycles. The van der Waals surface area contributed by atoms with Gasteiger partial charge in [0.25, 0.3) is 0 Å². The fourth-order valence-corrected chi connectivity index (χ4v) is 5.30. The summed E-state index contributed by atoms with van der Waals surface area (Å²) in [6, 6.07) is 4.50. The van der Waals surface area contributed by atoms with Gasteiger partial charge in [0.15, 0.2) is 0 Å². The van der Waals surface area contributed by atoms with E-state index in [0.29, 0.717) is 18.6 Å². The van der Waals surface area contributed by atoms with Crippen LogP contribution in [0.3, 0.4) is 0 Å². The summed E-state index contributed by atoms with van der Waals surface area (Å²) in [5.74, 6) is 0.700. The van der Waals surface area contributed by atoms with Crippen molar-refractivity contribution in [3.63, 3.8) is 0 Å². The second kappa shape index (κ2) is 6.66. The minimum Gasteiger partial charge on any atom is -0.497 e. The summed E-state index contributed by atoms with van der Waals surface area (Å²) in [6.07, 6.45) is 1.79. The van der Waals surface area contributed by atoms with E-state index >= 15 is 0 Å². The highest BCUT2D eigenvalue weighted by molar-refractivity contribution is 7.91. The predicted molar refractivity (Wildman–Crippen MR) is 86.2 cm³/mol. The van der Waals surface area contributed by atoms with Gasteiger partial charge in [0, 0.05) is 25.4 Å². The highest BCUT2D eigenvalue weighted by Crippen LogP contribution is 2.32. The molecule has 1 aromatic rings. The second-order valence-corrected chi connectivity index (χ2v) is 9.68. The van der Waals surface area contributed by atoms with Gasteiger partial charge < -0.3 is 9.47 Å². The predicted octanol–water partition coefficient (Wildman–Crippen LogP) is 0.901. The van der Waals surface area contributed by atoms with Crippen LogP contribution in [0, 0.1) is 0 Å². The summed E-state index contributed by atoms with van der Waals surface area (Å²) in [5, 5.41) is -0.480. The zero-order chi connectivity index (χ0) is 17.3. The van der Waals surface area contributed by atoms with Crippen LogP contribution in [0.25, 0.3) is 0 Å². The summed E-state index contributed by atoms with van der Waals surface area (Å²) in [7, 11) is -4.01. The van der Waals surface area contributed by atoms with Gasteiger partial charge in [-0.05, 0) is 25.0 Å². The third-order valence-corrected chi connectivity index (χ3v) is 7.62. The van der Waals surface area contributed by atoms with Crippen molar-refractivity contribution in [2.24, 2.45) is 0 Å². The Labute approximate surface area is 137 Å². The van der Waals surface area contributed by atoms with Crippen molar-refractivity contribution >= 4 is 19.9 Å². The third kappa shape index (κ3) is 3.78. The number of hydrogen-bond donors (Lipinski definition) is 0. The van der Waals surface area contributed by atoms with E-state index < -0.39 is 25.1 Å². The number of sulfonamides is 1. The molecule has 0 unspecified atom stereocenters. The molecule has 1 saturated heterocycles. The first-order chi connectivity index (χ1) is 10.7. The Hall–Kier alpha value is -1.32. The number of hydrogen-bond acceptors (Lipinski definition) is 6. The van der Waals surface area contributed by atoms with Crippen LogP contribution in [0.5, 0.6) is 11.5 Å². The Balaban J connectivity index is 2.27. The molecular weight excluding hydrogens is 342 g/mol. The van der Waals surface area contributed by atoms with Gasteiger partial charge in [-0.25, -0.2) is 16.8 Å². The first-order valence-electron chi connectivity index (χ1n) is 7.11. The molecule has 2 rings (SSSR count). The van der Waals surface area contributed by atoms with Crippen LogP contribution >= 0.6 is 0 Å². The SMILES string of the molecule is COc1ccc(S(=O)(=O)N2CCC(S(C)(=O)=O)CC2)c(OC)c1. The summed E-state index contributed by atoms with van der Waals surface area (Å²) in [4.78, 5) is 0.0543. The van der Waals surface area contributed by atoms with Crippen molar-refractivity contribution in [3.05, 3.63) is 18.2 Å². The van der Waals surface area contributed by atoms with Gasteiger partial charge in [0.05, 0.1) is 19.5 Å². The molecule has 1 aliphatic rings. The number of methoxy groups -OCH3 is 2. The highest BCUT2D eigenvalue weighted by atomic mass is 32.2. The van der Waals surface area contributed by atoms with E-state index in [1.54, 1.807) is 6.07 Å². The number of rotatable bonds is 5. The van der Waals surface area contributed by atoms with Crippen molar-refractivity contribution < 1.29 is 26.3 Å². The number of sulfone groups is 1. The summed E-state index contributed by atoms with van der Waals surface area (Å²) in [6.45, 7) is 0.352. The quantitative estimate of drug-likeness (QED) is 0.772. The standard InChI is InChI=1S/C14H21NO6S2/c1-20-11-4-5-14(13(10-11)21-2)23(18,19)15-8-6-12(7-9-15)22(3,16)17/h4-5,10,12H,6-9H2,1-3H3. The Bertz CT molecular complexity index is 764. The van der Waals surface area contributed by atoms with Crippen LogP contribution in [0.2, 0.25) is 0 Å². The third-order valence-electron chi connectivity index (χ3n) is 4.00. The first kappa shape index (κ1) is 18.0. The molecule has 0 atom stereocenters. The molecular formula is C14H21NO6S2. The van der Waals surface area contributed by atoms with Crippen molar-refractivity contribution in [1.82, 2.24) is 4.31 Å². The van der Waals surface area contributed by atoms with Crippen LogP contribution in [-0.4, -0.2) is 60.0 Å². The molecule has 1 aromatic carbocycles. The smallest absolute Gasteiger partial charge is 0.246 e. The molecule has 0 bridgehead atoms. The number of benzene rings is 1. The lowest BCUT2D eigenvalue weighted by molar-refractivity contribution is 0.341. The highest BCUT2D eigenvalue weighted by Gasteiger charge is 2.34. The molecule has 0 saturated carbocycles. The van der Waals surface area contributed by atoms with Gasteiger partial charge in [-0.15, -0.1) is 0 Å². The zero-order valence-electron chi connectivity index (χ0n) is 13.4. The normalized spacial score (nSPS) is 17.9. The Morgan fingerprint density at radius 1 is 1.04 bits per heavy atom. The monoisotopic (exact) mass is 363 g/mol. The molecule has 0 amide bonds. The van der Waals surface area contributed by atoms with E-state index in [-0.39, 0.29) is 23.7 Å². The molecule has 0 spiro atoms. The van der Waals surface area contributed by atoms with Gasteiger partial charge in [-0.1, -0.05) is 0 Å². The van der Waals surface area contributed by atoms with Crippen LogP contribution in [0.1, 0.15) is 12.8 Å². The lowest BCUT2D eigenvalue weighted by Gasteiger charge is -2.30. The number of piperidine rings is 1. The summed E-state index contributed by atoms with van der Waals surface area (Å²) in [5.41, 5.74) is 0. The van der Waals surface area contributed by atoms with Crippen molar-refractivity contribution in [3.8, 4) is 11.5 Å². The van der Waals surface area contributed by atoms with Crippen LogP contribution < -0.4 is 9.47 Å². The van der Waals surface area contributed by atoms with E-state index in [2.05, 4.69) is 0 Å². The fourth-order valence-electron chi connectivity index (χ4n) is 2.63. The Morgan fingerprint density at radius 3 is 2.13 bits per heavy atom.